The van der Waals surface area contributed by atoms with Crippen molar-refractivity contribution < 1.29 is 9.63 Å². The maximum Gasteiger partial charge on any atom is 0.267 e. The molecule has 1 atom stereocenters. The van der Waals surface area contributed by atoms with E-state index in [2.05, 4.69) is 15.5 Å². The van der Waals surface area contributed by atoms with Crippen LogP contribution in [0.3, 0.4) is 0 Å². The minimum Gasteiger partial charge on any atom is -0.379 e. The Hall–Kier alpha value is -2.69. The summed E-state index contributed by atoms with van der Waals surface area (Å²) in [6.07, 6.45) is 3.93. The van der Waals surface area contributed by atoms with Gasteiger partial charge < -0.3 is 10.2 Å². The third kappa shape index (κ3) is 3.79. The molecular formula is C19H21N3O2. The SMILES string of the molecule is C[C@@]1(C(=O)NCCCc2ccccn2)CC(c2ccccc2)=NO1. The molecule has 1 aliphatic heterocycles. The highest BCUT2D eigenvalue weighted by Crippen LogP contribution is 2.26. The first-order chi connectivity index (χ1) is 11.7. The molecule has 124 valence electrons. The lowest BCUT2D eigenvalue weighted by Crippen LogP contribution is -2.45. The average Bonchev–Trinajstić information content (AvgIpc) is 3.04. The van der Waals surface area contributed by atoms with Crippen molar-refractivity contribution in [3.8, 4) is 0 Å². The predicted molar refractivity (Wildman–Crippen MR) is 92.7 cm³/mol. The zero-order valence-electron chi connectivity index (χ0n) is 13.7. The quantitative estimate of drug-likeness (QED) is 0.831. The number of hydrogen-bond acceptors (Lipinski definition) is 4. The van der Waals surface area contributed by atoms with Crippen molar-refractivity contribution >= 4 is 11.6 Å². The Morgan fingerprint density at radius 1 is 1.21 bits per heavy atom. The molecule has 5 nitrogen and oxygen atoms in total. The van der Waals surface area contributed by atoms with Crippen molar-refractivity contribution in [2.24, 2.45) is 5.16 Å². The highest BCUT2D eigenvalue weighted by atomic mass is 16.7. The highest BCUT2D eigenvalue weighted by molar-refractivity contribution is 6.05. The van der Waals surface area contributed by atoms with Gasteiger partial charge in [-0.1, -0.05) is 41.6 Å². The number of amides is 1. The van der Waals surface area contributed by atoms with E-state index in [0.717, 1.165) is 29.8 Å². The molecule has 0 unspecified atom stereocenters. The van der Waals surface area contributed by atoms with Gasteiger partial charge in [-0.15, -0.1) is 0 Å². The molecule has 5 heteroatoms. The van der Waals surface area contributed by atoms with E-state index in [0.29, 0.717) is 13.0 Å². The van der Waals surface area contributed by atoms with Gasteiger partial charge in [-0.25, -0.2) is 0 Å². The Labute approximate surface area is 141 Å². The zero-order chi connectivity index (χ0) is 16.8. The molecule has 1 N–H and O–H groups in total. The van der Waals surface area contributed by atoms with Gasteiger partial charge in [0.25, 0.3) is 5.91 Å². The summed E-state index contributed by atoms with van der Waals surface area (Å²) in [6, 6.07) is 15.6. The van der Waals surface area contributed by atoms with Gasteiger partial charge in [0, 0.05) is 24.9 Å². The van der Waals surface area contributed by atoms with Gasteiger partial charge in [0.2, 0.25) is 5.60 Å². The topological polar surface area (TPSA) is 63.6 Å². The summed E-state index contributed by atoms with van der Waals surface area (Å²) in [5, 5.41) is 7.04. The summed E-state index contributed by atoms with van der Waals surface area (Å²) in [7, 11) is 0. The molecule has 24 heavy (non-hydrogen) atoms. The number of carbonyl (C=O) groups excluding carboxylic acids is 1. The van der Waals surface area contributed by atoms with Crippen LogP contribution in [0.2, 0.25) is 0 Å². The van der Waals surface area contributed by atoms with Crippen molar-refractivity contribution in [2.45, 2.75) is 31.8 Å². The monoisotopic (exact) mass is 323 g/mol. The fourth-order valence-corrected chi connectivity index (χ4v) is 2.65. The number of carbonyl (C=O) groups is 1. The van der Waals surface area contributed by atoms with Gasteiger partial charge in [-0.2, -0.15) is 0 Å². The molecule has 1 aromatic heterocycles. The molecule has 2 aromatic rings. The third-order valence-electron chi connectivity index (χ3n) is 4.07. The van der Waals surface area contributed by atoms with E-state index in [1.165, 1.54) is 0 Å². The minimum absolute atomic E-state index is 0.127. The van der Waals surface area contributed by atoms with Crippen LogP contribution in [0.1, 0.15) is 31.0 Å². The molecule has 0 radical (unpaired) electrons. The van der Waals surface area contributed by atoms with Crippen LogP contribution in [-0.4, -0.2) is 28.7 Å². The normalized spacial score (nSPS) is 19.5. The summed E-state index contributed by atoms with van der Waals surface area (Å²) >= 11 is 0. The summed E-state index contributed by atoms with van der Waals surface area (Å²) in [5.74, 6) is -0.127. The number of aromatic nitrogens is 1. The summed E-state index contributed by atoms with van der Waals surface area (Å²) in [6.45, 7) is 2.37. The maximum absolute atomic E-state index is 12.4. The molecule has 0 bridgehead atoms. The molecular weight excluding hydrogens is 302 g/mol. The second kappa shape index (κ2) is 7.25. The Bertz CT molecular complexity index is 716. The zero-order valence-corrected chi connectivity index (χ0v) is 13.7. The first-order valence-corrected chi connectivity index (χ1v) is 8.16. The molecule has 0 saturated carbocycles. The van der Waals surface area contributed by atoms with Crippen molar-refractivity contribution in [3.63, 3.8) is 0 Å². The first-order valence-electron chi connectivity index (χ1n) is 8.16. The Morgan fingerprint density at radius 2 is 2.00 bits per heavy atom. The van der Waals surface area contributed by atoms with Crippen LogP contribution in [0.15, 0.2) is 59.9 Å². The fraction of sp³-hybridized carbons (Fsp3) is 0.316. The Balaban J connectivity index is 1.47. The number of nitrogens with zero attached hydrogens (tertiary/aromatic N) is 2. The second-order valence-electron chi connectivity index (χ2n) is 6.08. The van der Waals surface area contributed by atoms with Crippen molar-refractivity contribution in [2.75, 3.05) is 6.54 Å². The number of benzene rings is 1. The van der Waals surface area contributed by atoms with E-state index in [1.807, 2.05) is 48.5 Å². The van der Waals surface area contributed by atoms with Crippen LogP contribution < -0.4 is 5.32 Å². The standard InChI is InChI=1S/C19H21N3O2/c1-19(14-17(22-24-19)15-8-3-2-4-9-15)18(23)21-13-7-11-16-10-5-6-12-20-16/h2-6,8-10,12H,7,11,13-14H2,1H3,(H,21,23)/t19-/m0/s1. The Kier molecular flexibility index (Phi) is 4.89. The Morgan fingerprint density at radius 3 is 2.75 bits per heavy atom. The van der Waals surface area contributed by atoms with E-state index in [9.17, 15) is 4.79 Å². The van der Waals surface area contributed by atoms with Crippen LogP contribution in [0, 0.1) is 0 Å². The summed E-state index contributed by atoms with van der Waals surface area (Å²) in [4.78, 5) is 22.2. The van der Waals surface area contributed by atoms with Crippen LogP contribution in [-0.2, 0) is 16.1 Å². The van der Waals surface area contributed by atoms with E-state index in [-0.39, 0.29) is 5.91 Å². The largest absolute Gasteiger partial charge is 0.379 e. The molecule has 1 amide bonds. The lowest BCUT2D eigenvalue weighted by Gasteiger charge is -2.20. The van der Waals surface area contributed by atoms with Gasteiger partial charge in [-0.05, 0) is 37.5 Å². The molecule has 0 spiro atoms. The number of pyridine rings is 1. The van der Waals surface area contributed by atoms with Crippen LogP contribution in [0.4, 0.5) is 0 Å². The third-order valence-corrected chi connectivity index (χ3v) is 4.07. The van der Waals surface area contributed by atoms with Gasteiger partial charge in [0.15, 0.2) is 0 Å². The number of nitrogens with one attached hydrogen (secondary N) is 1. The van der Waals surface area contributed by atoms with Gasteiger partial charge in [0.05, 0.1) is 5.71 Å². The smallest absolute Gasteiger partial charge is 0.267 e. The summed E-state index contributed by atoms with van der Waals surface area (Å²) in [5.41, 5.74) is 1.89. The lowest BCUT2D eigenvalue weighted by molar-refractivity contribution is -0.141. The van der Waals surface area contributed by atoms with Crippen molar-refractivity contribution in [1.29, 1.82) is 0 Å². The lowest BCUT2D eigenvalue weighted by atomic mass is 9.95. The molecule has 0 fully saturated rings. The summed E-state index contributed by atoms with van der Waals surface area (Å²) < 4.78 is 0. The van der Waals surface area contributed by atoms with E-state index < -0.39 is 5.60 Å². The van der Waals surface area contributed by atoms with Crippen molar-refractivity contribution in [3.05, 3.63) is 66.0 Å². The fourth-order valence-electron chi connectivity index (χ4n) is 2.65. The number of rotatable bonds is 6. The molecule has 0 saturated heterocycles. The minimum atomic E-state index is -0.934. The van der Waals surface area contributed by atoms with Gasteiger partial charge in [0.1, 0.15) is 0 Å². The molecule has 3 rings (SSSR count). The average molecular weight is 323 g/mol. The predicted octanol–water partition coefficient (Wildman–Crippen LogP) is 2.71. The number of oxime groups is 1. The number of hydrogen-bond donors (Lipinski definition) is 1. The molecule has 0 aliphatic carbocycles. The second-order valence-corrected chi connectivity index (χ2v) is 6.08. The molecule has 1 aliphatic rings. The van der Waals surface area contributed by atoms with Crippen LogP contribution in [0.25, 0.3) is 0 Å². The highest BCUT2D eigenvalue weighted by Gasteiger charge is 2.41. The molecule has 1 aromatic carbocycles. The van der Waals surface area contributed by atoms with Crippen LogP contribution >= 0.6 is 0 Å². The van der Waals surface area contributed by atoms with E-state index in [4.69, 9.17) is 4.84 Å². The maximum atomic E-state index is 12.4. The number of aryl methyl sites for hydroxylation is 1. The van der Waals surface area contributed by atoms with Crippen molar-refractivity contribution in [1.82, 2.24) is 10.3 Å². The molecule has 2 heterocycles. The van der Waals surface area contributed by atoms with Gasteiger partial charge >= 0.3 is 0 Å². The van der Waals surface area contributed by atoms with Crippen LogP contribution in [0.5, 0.6) is 0 Å². The first kappa shape index (κ1) is 16.2. The van der Waals surface area contributed by atoms with E-state index in [1.54, 1.807) is 13.1 Å². The van der Waals surface area contributed by atoms with Gasteiger partial charge in [-0.3, -0.25) is 9.78 Å². The van der Waals surface area contributed by atoms with E-state index >= 15 is 0 Å².